The van der Waals surface area contributed by atoms with Crippen LogP contribution in [0.15, 0.2) is 47.4 Å². The Bertz CT molecular complexity index is 754. The first kappa shape index (κ1) is 16.5. The first-order valence-corrected chi connectivity index (χ1v) is 8.64. The first-order chi connectivity index (χ1) is 10.4. The monoisotopic (exact) mass is 319 g/mol. The zero-order valence-corrected chi connectivity index (χ0v) is 13.9. The van der Waals surface area contributed by atoms with Crippen LogP contribution < -0.4 is 9.46 Å². The summed E-state index contributed by atoms with van der Waals surface area (Å²) in [6.45, 7) is 6.28. The molecule has 22 heavy (non-hydrogen) atoms. The standard InChI is InChI=1S/C17H21NO3S/c1-13-8-9-16(15(3)12-13)21-11-10-18-22(19,20)17-7-5-4-6-14(17)2/h4-9,12,18H,10-11H2,1-3H3. The minimum atomic E-state index is -3.49. The van der Waals surface area contributed by atoms with Crippen LogP contribution in [0.1, 0.15) is 16.7 Å². The topological polar surface area (TPSA) is 55.4 Å². The van der Waals surface area contributed by atoms with E-state index in [4.69, 9.17) is 4.74 Å². The van der Waals surface area contributed by atoms with Crippen LogP contribution in [0, 0.1) is 20.8 Å². The minimum Gasteiger partial charge on any atom is -0.492 e. The Morgan fingerprint density at radius 3 is 2.41 bits per heavy atom. The van der Waals surface area contributed by atoms with E-state index in [9.17, 15) is 8.42 Å². The van der Waals surface area contributed by atoms with Crippen LogP contribution in [0.5, 0.6) is 5.75 Å². The molecule has 0 spiro atoms. The van der Waals surface area contributed by atoms with E-state index in [0.29, 0.717) is 4.90 Å². The molecule has 0 radical (unpaired) electrons. The largest absolute Gasteiger partial charge is 0.492 e. The highest BCUT2D eigenvalue weighted by molar-refractivity contribution is 7.89. The molecule has 5 heteroatoms. The summed E-state index contributed by atoms with van der Waals surface area (Å²) in [7, 11) is -3.49. The van der Waals surface area contributed by atoms with Crippen molar-refractivity contribution in [3.63, 3.8) is 0 Å². The Hall–Kier alpha value is -1.85. The van der Waals surface area contributed by atoms with Gasteiger partial charge in [-0.05, 0) is 44.0 Å². The van der Waals surface area contributed by atoms with Crippen LogP contribution >= 0.6 is 0 Å². The van der Waals surface area contributed by atoms with Gasteiger partial charge in [0.15, 0.2) is 0 Å². The molecule has 0 aliphatic rings. The Labute approximate surface area is 132 Å². The van der Waals surface area contributed by atoms with E-state index < -0.39 is 10.0 Å². The molecular weight excluding hydrogens is 298 g/mol. The van der Waals surface area contributed by atoms with E-state index in [0.717, 1.165) is 16.9 Å². The van der Waals surface area contributed by atoms with Gasteiger partial charge >= 0.3 is 0 Å². The van der Waals surface area contributed by atoms with Gasteiger partial charge < -0.3 is 4.74 Å². The van der Waals surface area contributed by atoms with Gasteiger partial charge in [0.1, 0.15) is 12.4 Å². The van der Waals surface area contributed by atoms with E-state index in [-0.39, 0.29) is 13.2 Å². The van der Waals surface area contributed by atoms with E-state index in [2.05, 4.69) is 4.72 Å². The number of benzene rings is 2. The van der Waals surface area contributed by atoms with Gasteiger partial charge in [-0.1, -0.05) is 35.9 Å². The van der Waals surface area contributed by atoms with Gasteiger partial charge in [0.05, 0.1) is 4.90 Å². The number of nitrogens with one attached hydrogen (secondary N) is 1. The zero-order chi connectivity index (χ0) is 16.2. The molecule has 0 aliphatic heterocycles. The summed E-state index contributed by atoms with van der Waals surface area (Å²) >= 11 is 0. The van der Waals surface area contributed by atoms with E-state index >= 15 is 0 Å². The highest BCUT2D eigenvalue weighted by Gasteiger charge is 2.15. The van der Waals surface area contributed by atoms with Crippen molar-refractivity contribution in [2.75, 3.05) is 13.2 Å². The molecule has 0 bridgehead atoms. The summed E-state index contributed by atoms with van der Waals surface area (Å²) in [5.41, 5.74) is 2.94. The molecule has 0 saturated heterocycles. The number of sulfonamides is 1. The first-order valence-electron chi connectivity index (χ1n) is 7.15. The third kappa shape index (κ3) is 4.08. The van der Waals surface area contributed by atoms with Gasteiger partial charge in [0, 0.05) is 6.54 Å². The average Bonchev–Trinajstić information content (AvgIpc) is 2.45. The lowest BCUT2D eigenvalue weighted by atomic mass is 10.1. The summed E-state index contributed by atoms with van der Waals surface area (Å²) < 4.78 is 32.6. The second-order valence-electron chi connectivity index (χ2n) is 5.28. The maximum Gasteiger partial charge on any atom is 0.240 e. The summed E-state index contributed by atoms with van der Waals surface area (Å²) in [4.78, 5) is 0.307. The van der Waals surface area contributed by atoms with Gasteiger partial charge in [-0.25, -0.2) is 13.1 Å². The third-order valence-corrected chi connectivity index (χ3v) is 4.99. The normalized spacial score (nSPS) is 11.4. The summed E-state index contributed by atoms with van der Waals surface area (Å²) in [6.07, 6.45) is 0. The SMILES string of the molecule is Cc1ccc(OCCNS(=O)(=O)c2ccccc2C)c(C)c1. The van der Waals surface area contributed by atoms with Crippen molar-refractivity contribution < 1.29 is 13.2 Å². The Morgan fingerprint density at radius 2 is 1.73 bits per heavy atom. The minimum absolute atomic E-state index is 0.226. The summed E-state index contributed by atoms with van der Waals surface area (Å²) in [5, 5.41) is 0. The second kappa shape index (κ2) is 6.94. The number of hydrogen-bond donors (Lipinski definition) is 1. The molecule has 0 aliphatic carbocycles. The van der Waals surface area contributed by atoms with Crippen molar-refractivity contribution in [1.29, 1.82) is 0 Å². The van der Waals surface area contributed by atoms with Crippen molar-refractivity contribution in [3.8, 4) is 5.75 Å². The quantitative estimate of drug-likeness (QED) is 0.833. The van der Waals surface area contributed by atoms with E-state index in [1.807, 2.05) is 38.1 Å². The highest BCUT2D eigenvalue weighted by atomic mass is 32.2. The fourth-order valence-electron chi connectivity index (χ4n) is 2.23. The van der Waals surface area contributed by atoms with Gasteiger partial charge in [0.25, 0.3) is 0 Å². The molecular formula is C17H21NO3S. The maximum atomic E-state index is 12.2. The van der Waals surface area contributed by atoms with E-state index in [1.165, 1.54) is 5.56 Å². The zero-order valence-electron chi connectivity index (χ0n) is 13.1. The number of hydrogen-bond acceptors (Lipinski definition) is 3. The summed E-state index contributed by atoms with van der Waals surface area (Å²) in [6, 6.07) is 12.8. The number of ether oxygens (including phenoxy) is 1. The van der Waals surface area contributed by atoms with Crippen molar-refractivity contribution >= 4 is 10.0 Å². The molecule has 118 valence electrons. The Morgan fingerprint density at radius 1 is 1.00 bits per heavy atom. The predicted molar refractivity (Wildman–Crippen MR) is 87.8 cm³/mol. The molecule has 0 amide bonds. The molecule has 1 N–H and O–H groups in total. The average molecular weight is 319 g/mol. The highest BCUT2D eigenvalue weighted by Crippen LogP contribution is 2.18. The molecule has 0 unspecified atom stereocenters. The van der Waals surface area contributed by atoms with Crippen LogP contribution in [0.2, 0.25) is 0 Å². The Balaban J connectivity index is 1.92. The van der Waals surface area contributed by atoms with Gasteiger partial charge in [-0.2, -0.15) is 0 Å². The Kier molecular flexibility index (Phi) is 5.21. The molecule has 0 fully saturated rings. The lowest BCUT2D eigenvalue weighted by Gasteiger charge is -2.11. The second-order valence-corrected chi connectivity index (χ2v) is 7.02. The molecule has 2 aromatic carbocycles. The summed E-state index contributed by atoms with van der Waals surface area (Å²) in [5.74, 6) is 0.778. The van der Waals surface area contributed by atoms with E-state index in [1.54, 1.807) is 25.1 Å². The fraction of sp³-hybridized carbons (Fsp3) is 0.294. The van der Waals surface area contributed by atoms with Crippen molar-refractivity contribution in [2.24, 2.45) is 0 Å². The van der Waals surface area contributed by atoms with Crippen molar-refractivity contribution in [1.82, 2.24) is 4.72 Å². The molecule has 2 aromatic rings. The lowest BCUT2D eigenvalue weighted by Crippen LogP contribution is -2.28. The van der Waals surface area contributed by atoms with Gasteiger partial charge in [0.2, 0.25) is 10.0 Å². The van der Waals surface area contributed by atoms with Crippen LogP contribution in [-0.2, 0) is 10.0 Å². The molecule has 0 atom stereocenters. The molecule has 0 aromatic heterocycles. The smallest absolute Gasteiger partial charge is 0.240 e. The van der Waals surface area contributed by atoms with Gasteiger partial charge in [-0.15, -0.1) is 0 Å². The lowest BCUT2D eigenvalue weighted by molar-refractivity contribution is 0.320. The predicted octanol–water partition coefficient (Wildman–Crippen LogP) is 2.97. The third-order valence-electron chi connectivity index (χ3n) is 3.37. The molecule has 0 heterocycles. The van der Waals surface area contributed by atoms with Crippen LogP contribution in [0.3, 0.4) is 0 Å². The van der Waals surface area contributed by atoms with Crippen molar-refractivity contribution in [3.05, 3.63) is 59.2 Å². The van der Waals surface area contributed by atoms with Crippen LogP contribution in [0.4, 0.5) is 0 Å². The molecule has 2 rings (SSSR count). The van der Waals surface area contributed by atoms with Crippen LogP contribution in [-0.4, -0.2) is 21.6 Å². The maximum absolute atomic E-state index is 12.2. The van der Waals surface area contributed by atoms with Crippen molar-refractivity contribution in [2.45, 2.75) is 25.7 Å². The van der Waals surface area contributed by atoms with Crippen LogP contribution in [0.25, 0.3) is 0 Å². The number of rotatable bonds is 6. The molecule has 4 nitrogen and oxygen atoms in total. The number of aryl methyl sites for hydroxylation is 3. The molecule has 0 saturated carbocycles. The van der Waals surface area contributed by atoms with Gasteiger partial charge in [-0.3, -0.25) is 0 Å². The fourth-order valence-corrected chi connectivity index (χ4v) is 3.49.